The Morgan fingerprint density at radius 3 is 1.15 bits per heavy atom. The van der Waals surface area contributed by atoms with Gasteiger partial charge in [-0.15, -0.1) is 23.5 Å². The molecule has 0 amide bonds. The average Bonchev–Trinajstić information content (AvgIpc) is 0.796. The first-order valence-electron chi connectivity index (χ1n) is 32.2. The van der Waals surface area contributed by atoms with E-state index in [9.17, 15) is 79.2 Å². The Morgan fingerprint density at radius 2 is 0.885 bits per heavy atom. The molecule has 24 nitrogen and oxygen atoms in total. The summed E-state index contributed by atoms with van der Waals surface area (Å²) in [6.07, 6.45) is 3.95. The van der Waals surface area contributed by atoms with Crippen LogP contribution in [-0.4, -0.2) is 168 Å². The zero-order valence-electron chi connectivity index (χ0n) is 61.8. The van der Waals surface area contributed by atoms with E-state index in [-0.39, 0.29) is 64.6 Å². The van der Waals surface area contributed by atoms with Crippen molar-refractivity contribution < 1.29 is 142 Å². The number of carbonyl (C=O) groups excluding carboxylic acids is 3. The van der Waals surface area contributed by atoms with Crippen LogP contribution in [0.3, 0.4) is 0 Å². The number of pyridine rings is 1. The van der Waals surface area contributed by atoms with Crippen LogP contribution in [0.4, 0.5) is 71.0 Å². The summed E-state index contributed by atoms with van der Waals surface area (Å²) in [6, 6.07) is 27.0. The number of cyclic esters (lactones) is 2. The number of benzene rings is 3. The molecule has 40 heteroatoms. The van der Waals surface area contributed by atoms with Crippen LogP contribution in [0.1, 0.15) is 146 Å². The summed E-state index contributed by atoms with van der Waals surface area (Å²) in [5.74, 6) is 1.88. The quantitative estimate of drug-likeness (QED) is 0.0138. The Bertz CT molecular complexity index is 3250. The minimum absolute atomic E-state index is 0. The predicted octanol–water partition coefficient (Wildman–Crippen LogP) is 17.6. The number of hydrogen-bond acceptors (Lipinski definition) is 21. The van der Waals surface area contributed by atoms with E-state index < -0.39 is 97.0 Å². The Morgan fingerprint density at radius 1 is 0.548 bits per heavy atom. The number of carbonyl (C=O) groups is 3. The number of nitrogens with zero attached hydrogens (tertiary/aromatic N) is 5. The third-order valence-corrected chi connectivity index (χ3v) is 24.6. The molecule has 2 heterocycles. The summed E-state index contributed by atoms with van der Waals surface area (Å²) in [5, 5.41) is 19.0. The number of aliphatic hydroxyl groups excluding tert-OH is 1. The second kappa shape index (κ2) is 47.4. The van der Waals surface area contributed by atoms with E-state index in [4.69, 9.17) is 34.6 Å². The maximum absolute atomic E-state index is 12.0. The molecule has 1 fully saturated rings. The molecule has 0 spiro atoms. The number of halogens is 9. The van der Waals surface area contributed by atoms with E-state index in [1.54, 1.807) is 12.4 Å². The van der Waals surface area contributed by atoms with Crippen LogP contribution in [0.2, 0.25) is 39.3 Å². The summed E-state index contributed by atoms with van der Waals surface area (Å²) in [5.41, 5.74) is -9.58. The van der Waals surface area contributed by atoms with Crippen molar-refractivity contribution in [2.45, 2.75) is 193 Å². The second-order valence-electron chi connectivity index (χ2n) is 25.8. The number of ether oxygens (including phenoxy) is 6. The van der Waals surface area contributed by atoms with Gasteiger partial charge >= 0.3 is 80.5 Å². The fourth-order valence-electron chi connectivity index (χ4n) is 8.33. The van der Waals surface area contributed by atoms with Gasteiger partial charge in [0.15, 0.2) is 0 Å². The van der Waals surface area contributed by atoms with Crippen LogP contribution in [0, 0.1) is 0 Å². The van der Waals surface area contributed by atoms with Crippen LogP contribution >= 0.6 is 0 Å². The van der Waals surface area contributed by atoms with Gasteiger partial charge in [-0.25, -0.2) is 14.4 Å². The number of rotatable bonds is 28. The SMILES string of the molecule is CC(CC(C)[N-]c1c(C(C)C)cccc1C(C)C)[N-]c1c(C(C)C)cccc1C(C)C.CN(C)c1ccncc1.C[Si](C)(C)[N-][Si](C)(C)C.O=C(OCCCO)OCCCOC(=O)OCc1ccccc1.O=C1OCCCO1.O=S(=O)([O][Al]([O]S(=O)(=O)C(F)(F)F)[O]S(=O)(=O)C(F)(F)F)C(F)(F)F.[Zn]. The molecule has 2 unspecified atom stereocenters. The molecule has 4 aromatic rings. The molecule has 0 bridgehead atoms. The van der Waals surface area contributed by atoms with Crippen molar-refractivity contribution in [2.24, 2.45) is 0 Å². The summed E-state index contributed by atoms with van der Waals surface area (Å²) in [6.45, 7) is 37.7. The molecule has 2 atom stereocenters. The molecule has 0 radical (unpaired) electrons. The molecule has 5 rings (SSSR count). The minimum atomic E-state index is -7.08. The van der Waals surface area contributed by atoms with Gasteiger partial charge in [0.2, 0.25) is 0 Å². The van der Waals surface area contributed by atoms with Gasteiger partial charge in [-0.1, -0.05) is 220 Å². The molecule has 0 aliphatic carbocycles. The van der Waals surface area contributed by atoms with E-state index in [1.165, 1.54) is 39.3 Å². The van der Waals surface area contributed by atoms with Crippen molar-refractivity contribution in [1.29, 1.82) is 0 Å². The number of hydrogen-bond donors (Lipinski definition) is 1. The van der Waals surface area contributed by atoms with Gasteiger partial charge in [0.1, 0.15) is 6.61 Å². The van der Waals surface area contributed by atoms with Gasteiger partial charge in [0.25, 0.3) is 0 Å². The summed E-state index contributed by atoms with van der Waals surface area (Å²) in [7, 11) is -19.4. The zero-order valence-corrected chi connectivity index (χ0v) is 70.4. The first-order valence-corrected chi connectivity index (χ1v) is 44.7. The van der Waals surface area contributed by atoms with Crippen molar-refractivity contribution in [1.82, 2.24) is 4.98 Å². The van der Waals surface area contributed by atoms with Crippen LogP contribution in [-0.2, 0) is 94.6 Å². The first kappa shape index (κ1) is 101. The van der Waals surface area contributed by atoms with Crippen LogP contribution < -0.4 is 4.90 Å². The third-order valence-electron chi connectivity index (χ3n) is 12.6. The minimum Gasteiger partial charge on any atom is -0.681 e. The predicted molar refractivity (Wildman–Crippen MR) is 379 cm³/mol. The van der Waals surface area contributed by atoms with Gasteiger partial charge in [-0.3, -0.25) is 4.98 Å². The topological polar surface area (TPSA) is 315 Å². The van der Waals surface area contributed by atoms with E-state index in [1.807, 2.05) is 61.5 Å². The Hall–Kier alpha value is -5.37. The normalized spacial score (nSPS) is 13.2. The Labute approximate surface area is 626 Å². The smallest absolute Gasteiger partial charge is 0.681 e. The van der Waals surface area contributed by atoms with Gasteiger partial charge in [0, 0.05) is 77.5 Å². The van der Waals surface area contributed by atoms with Crippen LogP contribution in [0.25, 0.3) is 15.3 Å². The molecular weight excluding hydrogens is 1560 g/mol. The van der Waals surface area contributed by atoms with Crippen molar-refractivity contribution in [3.05, 3.63) is 134 Å². The molecule has 590 valence electrons. The second-order valence-corrected chi connectivity index (χ2v) is 42.3. The average molecular weight is 1660 g/mol. The van der Waals surface area contributed by atoms with Crippen molar-refractivity contribution in [3.8, 4) is 0 Å². The fraction of sp³-hybridized carbons (Fsp3) is 0.594. The van der Waals surface area contributed by atoms with Crippen molar-refractivity contribution in [3.63, 3.8) is 0 Å². The number of para-hydroxylation sites is 2. The van der Waals surface area contributed by atoms with Gasteiger partial charge < -0.3 is 63.4 Å². The third kappa shape index (κ3) is 42.2. The number of anilines is 1. The monoisotopic (exact) mass is 1650 g/mol. The van der Waals surface area contributed by atoms with E-state index in [0.717, 1.165) is 18.4 Å². The Balaban J connectivity index is 0. The number of aliphatic hydroxyl groups is 1. The van der Waals surface area contributed by atoms with Crippen molar-refractivity contribution in [2.75, 3.05) is 58.6 Å². The van der Waals surface area contributed by atoms with Gasteiger partial charge in [-0.2, -0.15) is 64.8 Å². The maximum Gasteiger partial charge on any atom is 0.952 e. The largest absolute Gasteiger partial charge is 0.952 e. The molecular formula is C64H98AlF9N5O19S3Si2Zn-3. The summed E-state index contributed by atoms with van der Waals surface area (Å²) in [4.78, 5) is 38.3. The molecule has 104 heavy (non-hydrogen) atoms. The molecule has 3 aromatic carbocycles. The Kier molecular flexibility index (Phi) is 45.9. The molecule has 1 saturated heterocycles. The standard InChI is InChI=1S/C29H44N2.C15H20O7.C7H10N2.C6H18NSi2.C4H6O3.3CHF3O3S.Al.Zn/c1-18(2)24-13-11-14-25(19(3)4)28(24)30-22(9)17-23(10)31-29-26(20(5)6)15-12-16-27(29)21(7)8;16-8-4-9-19-14(17)20-10-5-11-21-15(18)22-12-13-6-2-1-3-7-13;1-9(2)7-3-5-8-6-4-7;1-8(2,3)7-9(4,5)6;5-4-6-2-1-3-7-4;3*2-1(3,4)8(5,6)7;;/h11-16,18-23H,17H2,1-10H3;1-3,6-7,16H,4-5,8-12H2;3-6H,1-2H3;1-6H3;1-3H2;3*(H,5,6,7);;/q-2;;;-1;;;;;+3;/p-3. The molecule has 1 N–H and O–H groups in total. The molecule has 1 aliphatic heterocycles. The van der Waals surface area contributed by atoms with Crippen LogP contribution in [0.5, 0.6) is 0 Å². The molecule has 0 saturated carbocycles. The molecule has 1 aromatic heterocycles. The van der Waals surface area contributed by atoms with Crippen molar-refractivity contribution >= 4 is 97.5 Å². The van der Waals surface area contributed by atoms with E-state index >= 15 is 0 Å². The van der Waals surface area contributed by atoms with E-state index in [2.05, 4.69) is 174 Å². The zero-order chi connectivity index (χ0) is 79.5. The van der Waals surface area contributed by atoms with Gasteiger partial charge in [0.05, 0.1) is 33.0 Å². The first-order chi connectivity index (χ1) is 47.2. The number of alkyl halides is 9. The maximum atomic E-state index is 12.0. The summed E-state index contributed by atoms with van der Waals surface area (Å²) < 4.78 is 212. The number of aromatic nitrogens is 1. The van der Waals surface area contributed by atoms with Crippen LogP contribution in [0.15, 0.2) is 91.3 Å². The summed E-state index contributed by atoms with van der Waals surface area (Å²) >= 11 is -6.33. The molecule has 1 aliphatic rings. The van der Waals surface area contributed by atoms with Gasteiger partial charge in [-0.05, 0) is 41.4 Å². The fourth-order valence-corrected chi connectivity index (χ4v) is 21.4. The van der Waals surface area contributed by atoms with E-state index in [0.29, 0.717) is 49.7 Å².